The van der Waals surface area contributed by atoms with E-state index < -0.39 is 36.1 Å². The van der Waals surface area contributed by atoms with E-state index in [0.29, 0.717) is 0 Å². The van der Waals surface area contributed by atoms with Crippen molar-refractivity contribution in [1.29, 1.82) is 0 Å². The molecule has 144 valence electrons. The van der Waals surface area contributed by atoms with Crippen molar-refractivity contribution in [2.24, 2.45) is 0 Å². The molecule has 0 saturated heterocycles. The number of hydrogen-bond donors (Lipinski definition) is 2. The number of carbonyl (C=O) groups excluding carboxylic acids is 3. The number of halogens is 3. The molecule has 8 nitrogen and oxygen atoms in total. The van der Waals surface area contributed by atoms with Gasteiger partial charge in [0.15, 0.2) is 5.75 Å². The second-order valence-corrected chi connectivity index (χ2v) is 4.58. The number of esters is 2. The third-order valence-corrected chi connectivity index (χ3v) is 2.68. The first-order valence-electron chi connectivity index (χ1n) is 7.43. The van der Waals surface area contributed by atoms with Crippen molar-refractivity contribution in [2.75, 3.05) is 18.5 Å². The van der Waals surface area contributed by atoms with Crippen LogP contribution in [0.2, 0.25) is 0 Å². The topological polar surface area (TPSA) is 103 Å². The number of ether oxygens (including phenoxy) is 3. The van der Waals surface area contributed by atoms with Crippen molar-refractivity contribution in [1.82, 2.24) is 5.32 Å². The monoisotopic (exact) mass is 378 g/mol. The first-order chi connectivity index (χ1) is 12.2. The minimum Gasteiger partial charge on any atom is -0.464 e. The van der Waals surface area contributed by atoms with Gasteiger partial charge in [-0.25, -0.2) is 14.4 Å². The molecular formula is C15H17F3N2O6. The lowest BCUT2D eigenvalue weighted by Crippen LogP contribution is -2.49. The van der Waals surface area contributed by atoms with E-state index in [2.05, 4.69) is 19.5 Å². The summed E-state index contributed by atoms with van der Waals surface area (Å²) >= 11 is 0. The first-order valence-corrected chi connectivity index (χ1v) is 7.43. The van der Waals surface area contributed by atoms with E-state index in [-0.39, 0.29) is 18.9 Å². The number of hydrogen-bond acceptors (Lipinski definition) is 6. The van der Waals surface area contributed by atoms with Gasteiger partial charge >= 0.3 is 24.3 Å². The maximum Gasteiger partial charge on any atom is 0.573 e. The lowest BCUT2D eigenvalue weighted by Gasteiger charge is -2.17. The van der Waals surface area contributed by atoms with Gasteiger partial charge in [0.05, 0.1) is 18.9 Å². The number of carbonyl (C=O) groups is 3. The average molecular weight is 378 g/mol. The van der Waals surface area contributed by atoms with Crippen molar-refractivity contribution >= 4 is 23.7 Å². The minimum atomic E-state index is -4.97. The SMILES string of the molecule is CCOC(=O)C(NC(=O)Nc1ccccc1OC(F)(F)F)C(=O)OCC. The maximum absolute atomic E-state index is 12.4. The molecule has 0 saturated carbocycles. The minimum absolute atomic E-state index is 0.0553. The van der Waals surface area contributed by atoms with Crippen LogP contribution in [0, 0.1) is 0 Å². The lowest BCUT2D eigenvalue weighted by molar-refractivity contribution is -0.274. The number of rotatable bonds is 7. The molecule has 0 atom stereocenters. The number of anilines is 1. The highest BCUT2D eigenvalue weighted by atomic mass is 19.4. The van der Waals surface area contributed by atoms with Crippen LogP contribution in [0.5, 0.6) is 5.75 Å². The molecule has 2 amide bonds. The van der Waals surface area contributed by atoms with Gasteiger partial charge in [-0.05, 0) is 26.0 Å². The molecule has 1 aromatic rings. The molecule has 0 aliphatic rings. The van der Waals surface area contributed by atoms with Gasteiger partial charge < -0.3 is 24.8 Å². The van der Waals surface area contributed by atoms with Crippen LogP contribution >= 0.6 is 0 Å². The smallest absolute Gasteiger partial charge is 0.464 e. The van der Waals surface area contributed by atoms with Crippen molar-refractivity contribution in [2.45, 2.75) is 26.3 Å². The Morgan fingerprint density at radius 2 is 1.58 bits per heavy atom. The van der Waals surface area contributed by atoms with Gasteiger partial charge in [-0.3, -0.25) is 0 Å². The van der Waals surface area contributed by atoms with E-state index in [0.717, 1.165) is 12.1 Å². The fourth-order valence-electron chi connectivity index (χ4n) is 1.74. The summed E-state index contributed by atoms with van der Waals surface area (Å²) in [5.41, 5.74) is -0.325. The van der Waals surface area contributed by atoms with Crippen LogP contribution in [-0.4, -0.2) is 43.6 Å². The Balaban J connectivity index is 2.88. The first kappa shape index (κ1) is 21.1. The zero-order valence-corrected chi connectivity index (χ0v) is 13.9. The lowest BCUT2D eigenvalue weighted by atomic mass is 10.3. The molecule has 0 aliphatic carbocycles. The second kappa shape index (κ2) is 9.49. The summed E-state index contributed by atoms with van der Waals surface area (Å²) in [5.74, 6) is -2.80. The maximum atomic E-state index is 12.4. The third-order valence-electron chi connectivity index (χ3n) is 2.68. The molecule has 0 bridgehead atoms. The molecule has 26 heavy (non-hydrogen) atoms. The van der Waals surface area contributed by atoms with E-state index in [9.17, 15) is 27.6 Å². The molecule has 1 aromatic carbocycles. The van der Waals surface area contributed by atoms with E-state index in [1.54, 1.807) is 0 Å². The molecule has 0 fully saturated rings. The molecule has 0 heterocycles. The number of benzene rings is 1. The molecule has 0 aromatic heterocycles. The van der Waals surface area contributed by atoms with Gasteiger partial charge in [-0.15, -0.1) is 13.2 Å². The summed E-state index contributed by atoms with van der Waals surface area (Å²) in [6.45, 7) is 2.87. The van der Waals surface area contributed by atoms with E-state index in [1.807, 2.05) is 5.32 Å². The molecule has 0 unspecified atom stereocenters. The standard InChI is InChI=1S/C15H17F3N2O6/c1-3-24-12(21)11(13(22)25-4-2)20-14(23)19-9-7-5-6-8-10(9)26-15(16,17)18/h5-8,11H,3-4H2,1-2H3,(H2,19,20,23). The Morgan fingerprint density at radius 1 is 1.04 bits per heavy atom. The van der Waals surface area contributed by atoms with Crippen molar-refractivity contribution in [3.8, 4) is 5.75 Å². The zero-order chi connectivity index (χ0) is 19.7. The summed E-state index contributed by atoms with van der Waals surface area (Å²) in [6.07, 6.45) is -4.97. The number of amides is 2. The third kappa shape index (κ3) is 6.87. The molecule has 0 aliphatic heterocycles. The molecule has 0 radical (unpaired) electrons. The summed E-state index contributed by atoms with van der Waals surface area (Å²) in [4.78, 5) is 35.5. The molecule has 1 rings (SSSR count). The van der Waals surface area contributed by atoms with Crippen molar-refractivity contribution < 1.29 is 41.8 Å². The highest BCUT2D eigenvalue weighted by Gasteiger charge is 2.33. The van der Waals surface area contributed by atoms with Gasteiger partial charge in [-0.1, -0.05) is 12.1 Å². The Hall–Kier alpha value is -2.98. The predicted octanol–water partition coefficient (Wildman–Crippen LogP) is 2.20. The van der Waals surface area contributed by atoms with Crippen LogP contribution in [0.3, 0.4) is 0 Å². The summed E-state index contributed by atoms with van der Waals surface area (Å²) in [6, 6.07) is 1.85. The number of para-hydroxylation sites is 2. The molecular weight excluding hydrogens is 361 g/mol. The highest BCUT2D eigenvalue weighted by Crippen LogP contribution is 2.29. The van der Waals surface area contributed by atoms with Gasteiger partial charge in [-0.2, -0.15) is 0 Å². The predicted molar refractivity (Wildman–Crippen MR) is 82.3 cm³/mol. The fraction of sp³-hybridized carbons (Fsp3) is 0.400. The fourth-order valence-corrected chi connectivity index (χ4v) is 1.74. The number of alkyl halides is 3. The quantitative estimate of drug-likeness (QED) is 0.557. The van der Waals surface area contributed by atoms with E-state index in [1.165, 1.54) is 26.0 Å². The normalized spacial score (nSPS) is 10.8. The van der Waals surface area contributed by atoms with Crippen LogP contribution in [-0.2, 0) is 19.1 Å². The Labute approximate surface area is 146 Å². The van der Waals surface area contributed by atoms with E-state index in [4.69, 9.17) is 0 Å². The van der Waals surface area contributed by atoms with Gasteiger partial charge in [0, 0.05) is 0 Å². The second-order valence-electron chi connectivity index (χ2n) is 4.58. The largest absolute Gasteiger partial charge is 0.573 e. The molecule has 0 spiro atoms. The number of nitrogens with one attached hydrogen (secondary N) is 2. The van der Waals surface area contributed by atoms with Crippen molar-refractivity contribution in [3.05, 3.63) is 24.3 Å². The van der Waals surface area contributed by atoms with Crippen LogP contribution < -0.4 is 15.4 Å². The zero-order valence-electron chi connectivity index (χ0n) is 13.9. The Bertz CT molecular complexity index is 633. The summed E-state index contributed by atoms with van der Waals surface area (Å²) in [5, 5.41) is 4.06. The molecule has 11 heteroatoms. The van der Waals surface area contributed by atoms with Gasteiger partial charge in [0.2, 0.25) is 6.04 Å². The number of urea groups is 1. The molecule has 2 N–H and O–H groups in total. The Morgan fingerprint density at radius 3 is 2.08 bits per heavy atom. The van der Waals surface area contributed by atoms with Crippen LogP contribution in [0.25, 0.3) is 0 Å². The Kier molecular flexibility index (Phi) is 7.69. The van der Waals surface area contributed by atoms with Crippen molar-refractivity contribution in [3.63, 3.8) is 0 Å². The van der Waals surface area contributed by atoms with Crippen LogP contribution in [0.1, 0.15) is 13.8 Å². The summed E-state index contributed by atoms with van der Waals surface area (Å²) in [7, 11) is 0. The highest BCUT2D eigenvalue weighted by molar-refractivity contribution is 6.04. The van der Waals surface area contributed by atoms with Gasteiger partial charge in [0.25, 0.3) is 0 Å². The van der Waals surface area contributed by atoms with Crippen LogP contribution in [0.4, 0.5) is 23.7 Å². The van der Waals surface area contributed by atoms with Crippen LogP contribution in [0.15, 0.2) is 24.3 Å². The summed E-state index contributed by atoms with van der Waals surface area (Å²) < 4.78 is 50.2. The van der Waals surface area contributed by atoms with Gasteiger partial charge in [0.1, 0.15) is 0 Å². The van der Waals surface area contributed by atoms with E-state index >= 15 is 0 Å². The average Bonchev–Trinajstić information content (AvgIpc) is 2.53.